The van der Waals surface area contributed by atoms with Gasteiger partial charge in [-0.1, -0.05) is 13.8 Å². The Balaban J connectivity index is 2.48. The van der Waals surface area contributed by atoms with E-state index in [1.807, 2.05) is 12.1 Å². The molecule has 0 saturated heterocycles. The Labute approximate surface area is 135 Å². The topological polar surface area (TPSA) is 106 Å². The van der Waals surface area contributed by atoms with Crippen LogP contribution in [0.15, 0.2) is 18.3 Å². The Kier molecular flexibility index (Phi) is 5.23. The fourth-order valence-electron chi connectivity index (χ4n) is 2.21. The highest BCUT2D eigenvalue weighted by atomic mass is 16.5. The van der Waals surface area contributed by atoms with Gasteiger partial charge in [0.15, 0.2) is 11.6 Å². The molecule has 4 N–H and O–H groups in total. The molecule has 0 aliphatic carbocycles. The lowest BCUT2D eigenvalue weighted by molar-refractivity contribution is 0.181. The van der Waals surface area contributed by atoms with E-state index in [0.29, 0.717) is 18.1 Å². The highest BCUT2D eigenvalue weighted by Crippen LogP contribution is 2.37. The molecular weight excluding hydrogens is 296 g/mol. The first-order chi connectivity index (χ1) is 11.0. The molecule has 0 atom stereocenters. The molecule has 0 fully saturated rings. The average Bonchev–Trinajstić information content (AvgIpc) is 2.50. The van der Waals surface area contributed by atoms with E-state index in [-0.39, 0.29) is 17.7 Å². The Hall–Kier alpha value is -2.54. The molecule has 0 aliphatic heterocycles. The standard InChI is InChI=1S/C16H22N4O3/c1-9(2)11-6-12(22-4)10(8-21-3)5-13(11)23-14-7-19-16(18)20-15(14)17/h5-7,9H,8H2,1-4H3,(H4,17,18,19,20). The van der Waals surface area contributed by atoms with Crippen LogP contribution in [0.25, 0.3) is 0 Å². The first-order valence-electron chi connectivity index (χ1n) is 7.21. The van der Waals surface area contributed by atoms with Gasteiger partial charge in [-0.2, -0.15) is 4.98 Å². The van der Waals surface area contributed by atoms with Gasteiger partial charge in [-0.3, -0.25) is 0 Å². The summed E-state index contributed by atoms with van der Waals surface area (Å²) in [6.45, 7) is 4.55. The van der Waals surface area contributed by atoms with Crippen molar-refractivity contribution in [3.8, 4) is 17.2 Å². The van der Waals surface area contributed by atoms with E-state index < -0.39 is 0 Å². The van der Waals surface area contributed by atoms with E-state index in [1.54, 1.807) is 14.2 Å². The minimum absolute atomic E-state index is 0.105. The number of nitrogen functional groups attached to an aromatic ring is 2. The number of aromatic nitrogens is 2. The van der Waals surface area contributed by atoms with Gasteiger partial charge in [0.25, 0.3) is 0 Å². The molecule has 1 heterocycles. The summed E-state index contributed by atoms with van der Waals surface area (Å²) in [5.41, 5.74) is 13.2. The quantitative estimate of drug-likeness (QED) is 0.843. The van der Waals surface area contributed by atoms with Gasteiger partial charge in [-0.25, -0.2) is 4.98 Å². The number of benzene rings is 1. The van der Waals surface area contributed by atoms with Crippen LogP contribution in [0, 0.1) is 0 Å². The molecule has 7 heteroatoms. The third kappa shape index (κ3) is 3.81. The fraction of sp³-hybridized carbons (Fsp3) is 0.375. The van der Waals surface area contributed by atoms with E-state index in [2.05, 4.69) is 23.8 Å². The van der Waals surface area contributed by atoms with Crippen LogP contribution in [0.4, 0.5) is 11.8 Å². The average molecular weight is 318 g/mol. The number of rotatable bonds is 6. The minimum Gasteiger partial charge on any atom is -0.496 e. The van der Waals surface area contributed by atoms with Crippen molar-refractivity contribution < 1.29 is 14.2 Å². The highest BCUT2D eigenvalue weighted by molar-refractivity contribution is 5.53. The van der Waals surface area contributed by atoms with Gasteiger partial charge in [-0.15, -0.1) is 0 Å². The predicted molar refractivity (Wildman–Crippen MR) is 88.7 cm³/mol. The number of nitrogens with zero attached hydrogens (tertiary/aromatic N) is 2. The van der Waals surface area contributed by atoms with Crippen LogP contribution in [0.3, 0.4) is 0 Å². The first kappa shape index (κ1) is 16.8. The molecule has 2 rings (SSSR count). The number of hydrogen-bond acceptors (Lipinski definition) is 7. The maximum atomic E-state index is 5.93. The molecule has 23 heavy (non-hydrogen) atoms. The van der Waals surface area contributed by atoms with Crippen LogP contribution >= 0.6 is 0 Å². The van der Waals surface area contributed by atoms with Crippen LogP contribution < -0.4 is 20.9 Å². The van der Waals surface area contributed by atoms with Crippen LogP contribution in [-0.2, 0) is 11.3 Å². The third-order valence-electron chi connectivity index (χ3n) is 3.36. The van der Waals surface area contributed by atoms with Crippen LogP contribution in [0.2, 0.25) is 0 Å². The van der Waals surface area contributed by atoms with E-state index in [9.17, 15) is 0 Å². The summed E-state index contributed by atoms with van der Waals surface area (Å²) in [5, 5.41) is 0. The summed E-state index contributed by atoms with van der Waals surface area (Å²) in [6, 6.07) is 3.83. The SMILES string of the molecule is COCc1cc(Oc2cnc(N)nc2N)c(C(C)C)cc1OC. The van der Waals surface area contributed by atoms with Crippen molar-refractivity contribution in [2.45, 2.75) is 26.4 Å². The first-order valence-corrected chi connectivity index (χ1v) is 7.21. The lowest BCUT2D eigenvalue weighted by Crippen LogP contribution is -2.04. The van der Waals surface area contributed by atoms with E-state index >= 15 is 0 Å². The van der Waals surface area contributed by atoms with E-state index in [0.717, 1.165) is 16.9 Å². The minimum atomic E-state index is 0.105. The van der Waals surface area contributed by atoms with Gasteiger partial charge >= 0.3 is 0 Å². The molecule has 124 valence electrons. The fourth-order valence-corrected chi connectivity index (χ4v) is 2.21. The molecule has 0 unspecified atom stereocenters. The second-order valence-electron chi connectivity index (χ2n) is 5.37. The molecule has 1 aromatic heterocycles. The van der Waals surface area contributed by atoms with Gasteiger partial charge in [0, 0.05) is 18.2 Å². The van der Waals surface area contributed by atoms with Crippen LogP contribution in [-0.4, -0.2) is 24.2 Å². The van der Waals surface area contributed by atoms with Gasteiger partial charge in [0.05, 0.1) is 19.9 Å². The smallest absolute Gasteiger partial charge is 0.222 e. The molecule has 0 bridgehead atoms. The molecule has 7 nitrogen and oxygen atoms in total. The van der Waals surface area contributed by atoms with Crippen molar-refractivity contribution in [2.24, 2.45) is 0 Å². The summed E-state index contributed by atoms with van der Waals surface area (Å²) in [7, 11) is 3.26. The van der Waals surface area contributed by atoms with Crippen LogP contribution in [0.1, 0.15) is 30.9 Å². The predicted octanol–water partition coefficient (Wildman–Crippen LogP) is 2.71. The molecule has 0 amide bonds. The zero-order valence-electron chi connectivity index (χ0n) is 13.8. The Morgan fingerprint density at radius 2 is 1.83 bits per heavy atom. The van der Waals surface area contributed by atoms with Crippen LogP contribution in [0.5, 0.6) is 17.2 Å². The summed E-state index contributed by atoms with van der Waals surface area (Å²) in [4.78, 5) is 7.82. The lowest BCUT2D eigenvalue weighted by Gasteiger charge is -2.18. The molecule has 0 spiro atoms. The molecule has 1 aromatic carbocycles. The second-order valence-corrected chi connectivity index (χ2v) is 5.37. The van der Waals surface area contributed by atoms with Crippen molar-refractivity contribution in [1.29, 1.82) is 0 Å². The van der Waals surface area contributed by atoms with Gasteiger partial charge < -0.3 is 25.7 Å². The van der Waals surface area contributed by atoms with Crippen molar-refractivity contribution in [3.63, 3.8) is 0 Å². The molecule has 0 radical (unpaired) electrons. The van der Waals surface area contributed by atoms with E-state index in [1.165, 1.54) is 6.20 Å². The monoisotopic (exact) mass is 318 g/mol. The van der Waals surface area contributed by atoms with Gasteiger partial charge in [0.1, 0.15) is 11.5 Å². The molecular formula is C16H22N4O3. The number of anilines is 2. The Bertz CT molecular complexity index is 689. The number of ether oxygens (including phenoxy) is 3. The lowest BCUT2D eigenvalue weighted by atomic mass is 9.99. The maximum Gasteiger partial charge on any atom is 0.222 e. The second kappa shape index (κ2) is 7.15. The molecule has 2 aromatic rings. The summed E-state index contributed by atoms with van der Waals surface area (Å²) in [6.07, 6.45) is 1.46. The zero-order chi connectivity index (χ0) is 17.0. The largest absolute Gasteiger partial charge is 0.496 e. The van der Waals surface area contributed by atoms with Gasteiger partial charge in [-0.05, 0) is 18.1 Å². The number of nitrogens with two attached hydrogens (primary N) is 2. The maximum absolute atomic E-state index is 5.93. The van der Waals surface area contributed by atoms with Crippen molar-refractivity contribution in [3.05, 3.63) is 29.5 Å². The Morgan fingerprint density at radius 3 is 2.39 bits per heavy atom. The number of hydrogen-bond donors (Lipinski definition) is 2. The molecule has 0 saturated carbocycles. The molecule has 0 aliphatic rings. The zero-order valence-corrected chi connectivity index (χ0v) is 13.8. The van der Waals surface area contributed by atoms with Crippen molar-refractivity contribution in [2.75, 3.05) is 25.7 Å². The Morgan fingerprint density at radius 1 is 1.09 bits per heavy atom. The van der Waals surface area contributed by atoms with Gasteiger partial charge in [0.2, 0.25) is 5.95 Å². The van der Waals surface area contributed by atoms with Crippen molar-refractivity contribution in [1.82, 2.24) is 9.97 Å². The summed E-state index contributed by atoms with van der Waals surface area (Å²) >= 11 is 0. The summed E-state index contributed by atoms with van der Waals surface area (Å²) < 4.78 is 16.6. The van der Waals surface area contributed by atoms with E-state index in [4.69, 9.17) is 25.7 Å². The third-order valence-corrected chi connectivity index (χ3v) is 3.36. The normalized spacial score (nSPS) is 10.8. The van der Waals surface area contributed by atoms with Crippen molar-refractivity contribution >= 4 is 11.8 Å². The highest BCUT2D eigenvalue weighted by Gasteiger charge is 2.16. The summed E-state index contributed by atoms with van der Waals surface area (Å²) in [5.74, 6) is 2.29. The number of methoxy groups -OCH3 is 2.